The summed E-state index contributed by atoms with van der Waals surface area (Å²) in [4.78, 5) is 5.65. The molecule has 0 radical (unpaired) electrons. The Morgan fingerprint density at radius 1 is 1.26 bits per heavy atom. The Labute approximate surface area is 117 Å². The van der Waals surface area contributed by atoms with E-state index < -0.39 is 0 Å². The van der Waals surface area contributed by atoms with E-state index in [1.807, 2.05) is 26.2 Å². The number of aromatic nitrogens is 1. The van der Waals surface area contributed by atoms with Crippen LogP contribution in [-0.4, -0.2) is 19.1 Å². The standard InChI is InChI=1S/C14H15ClFN3/c1-19(2)13-4-3-10(7-12(13)16)9-18-11-5-6-17-14(15)8-11/h3-8H,9H2,1-2H3,(H,17,18). The molecular formula is C14H15ClFN3. The van der Waals surface area contributed by atoms with Crippen molar-refractivity contribution in [2.45, 2.75) is 6.54 Å². The first-order valence-corrected chi connectivity index (χ1v) is 6.25. The molecule has 0 fully saturated rings. The van der Waals surface area contributed by atoms with Gasteiger partial charge in [-0.15, -0.1) is 0 Å². The van der Waals surface area contributed by atoms with Gasteiger partial charge in [0, 0.05) is 32.5 Å². The van der Waals surface area contributed by atoms with E-state index >= 15 is 0 Å². The summed E-state index contributed by atoms with van der Waals surface area (Å²) in [6, 6.07) is 8.74. The second-order valence-corrected chi connectivity index (χ2v) is 4.79. The molecule has 0 bridgehead atoms. The van der Waals surface area contributed by atoms with Gasteiger partial charge in [-0.1, -0.05) is 17.7 Å². The van der Waals surface area contributed by atoms with Crippen molar-refractivity contribution in [1.82, 2.24) is 4.98 Å². The molecule has 1 aromatic heterocycles. The number of benzene rings is 1. The van der Waals surface area contributed by atoms with Gasteiger partial charge in [0.15, 0.2) is 0 Å². The van der Waals surface area contributed by atoms with Crippen LogP contribution in [0.15, 0.2) is 36.5 Å². The Hall–Kier alpha value is -1.81. The SMILES string of the molecule is CN(C)c1ccc(CNc2ccnc(Cl)c2)cc1F. The summed E-state index contributed by atoms with van der Waals surface area (Å²) in [5, 5.41) is 3.60. The van der Waals surface area contributed by atoms with E-state index in [2.05, 4.69) is 10.3 Å². The molecule has 2 aromatic rings. The van der Waals surface area contributed by atoms with Gasteiger partial charge in [-0.2, -0.15) is 0 Å². The van der Waals surface area contributed by atoms with Crippen molar-refractivity contribution in [3.05, 3.63) is 53.1 Å². The normalized spacial score (nSPS) is 10.3. The molecule has 1 aromatic carbocycles. The monoisotopic (exact) mass is 279 g/mol. The second kappa shape index (κ2) is 5.89. The predicted octanol–water partition coefficient (Wildman–Crippen LogP) is 3.55. The van der Waals surface area contributed by atoms with Crippen LogP contribution >= 0.6 is 11.6 Å². The summed E-state index contributed by atoms with van der Waals surface area (Å²) in [6.45, 7) is 0.533. The minimum absolute atomic E-state index is 0.225. The van der Waals surface area contributed by atoms with Gasteiger partial charge in [-0.25, -0.2) is 9.37 Å². The fourth-order valence-electron chi connectivity index (χ4n) is 1.74. The minimum Gasteiger partial charge on any atom is -0.381 e. The molecule has 0 amide bonds. The van der Waals surface area contributed by atoms with Crippen molar-refractivity contribution < 1.29 is 4.39 Å². The Morgan fingerprint density at radius 2 is 2.05 bits per heavy atom. The molecule has 1 N–H and O–H groups in total. The minimum atomic E-state index is -0.225. The molecule has 0 aliphatic rings. The van der Waals surface area contributed by atoms with E-state index in [1.54, 1.807) is 23.2 Å². The molecule has 0 atom stereocenters. The molecule has 0 aliphatic carbocycles. The van der Waals surface area contributed by atoms with E-state index in [4.69, 9.17) is 11.6 Å². The summed E-state index contributed by atoms with van der Waals surface area (Å²) < 4.78 is 13.8. The molecular weight excluding hydrogens is 265 g/mol. The molecule has 19 heavy (non-hydrogen) atoms. The highest BCUT2D eigenvalue weighted by Crippen LogP contribution is 2.19. The van der Waals surface area contributed by atoms with Crippen molar-refractivity contribution in [2.24, 2.45) is 0 Å². The van der Waals surface area contributed by atoms with Crippen LogP contribution in [0.3, 0.4) is 0 Å². The van der Waals surface area contributed by atoms with Gasteiger partial charge in [0.05, 0.1) is 5.69 Å². The fraction of sp³-hybridized carbons (Fsp3) is 0.214. The van der Waals surface area contributed by atoms with E-state index in [0.717, 1.165) is 11.3 Å². The largest absolute Gasteiger partial charge is 0.381 e. The lowest BCUT2D eigenvalue weighted by Crippen LogP contribution is -2.11. The number of hydrogen-bond donors (Lipinski definition) is 1. The van der Waals surface area contributed by atoms with Crippen molar-refractivity contribution in [3.63, 3.8) is 0 Å². The fourth-order valence-corrected chi connectivity index (χ4v) is 1.91. The smallest absolute Gasteiger partial charge is 0.146 e. The molecule has 0 unspecified atom stereocenters. The van der Waals surface area contributed by atoms with Crippen LogP contribution in [-0.2, 0) is 6.54 Å². The van der Waals surface area contributed by atoms with Crippen LogP contribution in [0, 0.1) is 5.82 Å². The van der Waals surface area contributed by atoms with Gasteiger partial charge in [-0.3, -0.25) is 0 Å². The number of nitrogens with zero attached hydrogens (tertiary/aromatic N) is 2. The van der Waals surface area contributed by atoms with Crippen LogP contribution in [0.25, 0.3) is 0 Å². The van der Waals surface area contributed by atoms with Gasteiger partial charge in [0.2, 0.25) is 0 Å². The van der Waals surface area contributed by atoms with Crippen LogP contribution in [0.1, 0.15) is 5.56 Å². The van der Waals surface area contributed by atoms with Crippen molar-refractivity contribution in [2.75, 3.05) is 24.3 Å². The Bertz CT molecular complexity index is 572. The highest BCUT2D eigenvalue weighted by Gasteiger charge is 2.05. The number of nitrogens with one attached hydrogen (secondary N) is 1. The average Bonchev–Trinajstić information content (AvgIpc) is 2.36. The second-order valence-electron chi connectivity index (χ2n) is 4.40. The zero-order valence-electron chi connectivity index (χ0n) is 10.8. The highest BCUT2D eigenvalue weighted by atomic mass is 35.5. The Morgan fingerprint density at radius 3 is 2.68 bits per heavy atom. The maximum absolute atomic E-state index is 13.8. The Balaban J connectivity index is 2.06. The number of halogens is 2. The molecule has 5 heteroatoms. The van der Waals surface area contributed by atoms with Crippen LogP contribution in [0.2, 0.25) is 5.15 Å². The van der Waals surface area contributed by atoms with Crippen LogP contribution < -0.4 is 10.2 Å². The summed E-state index contributed by atoms with van der Waals surface area (Å²) in [5.41, 5.74) is 2.31. The lowest BCUT2D eigenvalue weighted by molar-refractivity contribution is 0.624. The van der Waals surface area contributed by atoms with E-state index in [0.29, 0.717) is 17.4 Å². The lowest BCUT2D eigenvalue weighted by atomic mass is 10.2. The predicted molar refractivity (Wildman–Crippen MR) is 77.3 cm³/mol. The van der Waals surface area contributed by atoms with Crippen molar-refractivity contribution in [3.8, 4) is 0 Å². The topological polar surface area (TPSA) is 28.2 Å². The molecule has 0 aliphatic heterocycles. The van der Waals surface area contributed by atoms with Gasteiger partial charge in [0.25, 0.3) is 0 Å². The molecule has 0 saturated heterocycles. The molecule has 0 spiro atoms. The zero-order chi connectivity index (χ0) is 13.8. The number of hydrogen-bond acceptors (Lipinski definition) is 3. The summed E-state index contributed by atoms with van der Waals surface area (Å²) in [5.74, 6) is -0.225. The molecule has 100 valence electrons. The zero-order valence-corrected chi connectivity index (χ0v) is 11.6. The third kappa shape index (κ3) is 3.58. The van der Waals surface area contributed by atoms with Gasteiger partial charge in [0.1, 0.15) is 11.0 Å². The van der Waals surface area contributed by atoms with E-state index in [9.17, 15) is 4.39 Å². The van der Waals surface area contributed by atoms with Gasteiger partial charge < -0.3 is 10.2 Å². The lowest BCUT2D eigenvalue weighted by Gasteiger charge is -2.14. The number of pyridine rings is 1. The maximum Gasteiger partial charge on any atom is 0.146 e. The van der Waals surface area contributed by atoms with Crippen LogP contribution in [0.5, 0.6) is 0 Å². The van der Waals surface area contributed by atoms with Gasteiger partial charge >= 0.3 is 0 Å². The first kappa shape index (κ1) is 13.6. The third-order valence-electron chi connectivity index (χ3n) is 2.72. The summed E-state index contributed by atoms with van der Waals surface area (Å²) in [7, 11) is 3.63. The first-order valence-electron chi connectivity index (χ1n) is 5.87. The van der Waals surface area contributed by atoms with E-state index in [1.165, 1.54) is 6.07 Å². The quantitative estimate of drug-likeness (QED) is 0.868. The van der Waals surface area contributed by atoms with Gasteiger partial charge in [-0.05, 0) is 29.8 Å². The third-order valence-corrected chi connectivity index (χ3v) is 2.92. The number of rotatable bonds is 4. The average molecular weight is 280 g/mol. The van der Waals surface area contributed by atoms with Crippen LogP contribution in [0.4, 0.5) is 15.8 Å². The van der Waals surface area contributed by atoms with Crippen molar-refractivity contribution in [1.29, 1.82) is 0 Å². The molecule has 3 nitrogen and oxygen atoms in total. The summed E-state index contributed by atoms with van der Waals surface area (Å²) in [6.07, 6.45) is 1.63. The first-order chi connectivity index (χ1) is 9.06. The maximum atomic E-state index is 13.8. The van der Waals surface area contributed by atoms with Crippen molar-refractivity contribution >= 4 is 23.0 Å². The summed E-state index contributed by atoms with van der Waals surface area (Å²) >= 11 is 5.79. The Kier molecular flexibility index (Phi) is 4.22. The molecule has 2 rings (SSSR count). The number of anilines is 2. The van der Waals surface area contributed by atoms with E-state index in [-0.39, 0.29) is 5.82 Å². The molecule has 0 saturated carbocycles. The highest BCUT2D eigenvalue weighted by molar-refractivity contribution is 6.29. The molecule has 1 heterocycles.